The van der Waals surface area contributed by atoms with E-state index in [1.54, 1.807) is 0 Å². The van der Waals surface area contributed by atoms with Crippen molar-refractivity contribution in [2.45, 2.75) is 13.0 Å². The molecule has 1 aromatic heterocycles. The van der Waals surface area contributed by atoms with Crippen LogP contribution in [0.5, 0.6) is 0 Å². The van der Waals surface area contributed by atoms with E-state index in [0.717, 1.165) is 0 Å². The summed E-state index contributed by atoms with van der Waals surface area (Å²) >= 11 is 0. The molecule has 5 heteroatoms. The second-order valence-corrected chi connectivity index (χ2v) is 2.86. The van der Waals surface area contributed by atoms with Gasteiger partial charge >= 0.3 is 5.97 Å². The van der Waals surface area contributed by atoms with E-state index in [4.69, 9.17) is 10.8 Å². The lowest BCUT2D eigenvalue weighted by Gasteiger charge is -2.10. The molecular weight excluding hydrogens is 184 g/mol. The average Bonchev–Trinajstić information content (AvgIpc) is 2.16. The van der Waals surface area contributed by atoms with Crippen LogP contribution in [0.2, 0.25) is 0 Å². The predicted molar refractivity (Wildman–Crippen MR) is 48.8 cm³/mol. The molecule has 0 spiro atoms. The number of rotatable bonds is 3. The lowest BCUT2D eigenvalue weighted by molar-refractivity contribution is -0.118. The van der Waals surface area contributed by atoms with Crippen LogP contribution >= 0.6 is 0 Å². The monoisotopic (exact) mass is 194 g/mol. The van der Waals surface area contributed by atoms with Crippen LogP contribution in [-0.4, -0.2) is 21.8 Å². The molecule has 0 radical (unpaired) electrons. The van der Waals surface area contributed by atoms with E-state index in [2.05, 4.69) is 4.98 Å². The molecule has 0 aliphatic carbocycles. The van der Waals surface area contributed by atoms with Crippen LogP contribution in [0.4, 0.5) is 0 Å². The van der Waals surface area contributed by atoms with Crippen molar-refractivity contribution in [3.63, 3.8) is 0 Å². The second-order valence-electron chi connectivity index (χ2n) is 2.86. The average molecular weight is 194 g/mol. The number of aromatic carboxylic acids is 1. The number of aromatic nitrogens is 1. The van der Waals surface area contributed by atoms with E-state index in [-0.39, 0.29) is 11.3 Å². The number of ketones is 1. The molecule has 1 unspecified atom stereocenters. The largest absolute Gasteiger partial charge is 0.478 e. The molecule has 1 rings (SSSR count). The van der Waals surface area contributed by atoms with Crippen LogP contribution in [-0.2, 0) is 4.79 Å². The SMILES string of the molecule is CC(=O)C(N)c1ccncc1C(=O)O. The molecule has 14 heavy (non-hydrogen) atoms. The van der Waals surface area contributed by atoms with E-state index in [0.29, 0.717) is 5.56 Å². The number of carboxylic acids is 1. The van der Waals surface area contributed by atoms with Gasteiger partial charge in [-0.2, -0.15) is 0 Å². The maximum absolute atomic E-state index is 11.0. The summed E-state index contributed by atoms with van der Waals surface area (Å²) in [7, 11) is 0. The molecule has 74 valence electrons. The van der Waals surface area contributed by atoms with Crippen LogP contribution in [0.3, 0.4) is 0 Å². The van der Waals surface area contributed by atoms with Crippen molar-refractivity contribution in [1.29, 1.82) is 0 Å². The number of carbonyl (C=O) groups is 2. The van der Waals surface area contributed by atoms with Crippen molar-refractivity contribution >= 4 is 11.8 Å². The molecule has 5 nitrogen and oxygen atoms in total. The van der Waals surface area contributed by atoms with Gasteiger partial charge < -0.3 is 10.8 Å². The Morgan fingerprint density at radius 1 is 1.57 bits per heavy atom. The number of nitrogens with zero attached hydrogens (tertiary/aromatic N) is 1. The molecule has 0 aliphatic heterocycles. The quantitative estimate of drug-likeness (QED) is 0.725. The zero-order valence-electron chi connectivity index (χ0n) is 7.60. The number of hydrogen-bond donors (Lipinski definition) is 2. The minimum Gasteiger partial charge on any atom is -0.478 e. The number of carbonyl (C=O) groups excluding carboxylic acids is 1. The van der Waals surface area contributed by atoms with Crippen LogP contribution < -0.4 is 5.73 Å². The van der Waals surface area contributed by atoms with Crippen LogP contribution in [0.1, 0.15) is 28.9 Å². The van der Waals surface area contributed by atoms with E-state index < -0.39 is 12.0 Å². The lowest BCUT2D eigenvalue weighted by atomic mass is 10.0. The van der Waals surface area contributed by atoms with E-state index in [1.165, 1.54) is 25.4 Å². The number of carboxylic acid groups (broad SMARTS) is 1. The molecule has 0 bridgehead atoms. The van der Waals surface area contributed by atoms with E-state index in [1.807, 2.05) is 0 Å². The van der Waals surface area contributed by atoms with Gasteiger partial charge in [-0.1, -0.05) is 0 Å². The summed E-state index contributed by atoms with van der Waals surface area (Å²) in [5, 5.41) is 8.79. The summed E-state index contributed by atoms with van der Waals surface area (Å²) in [6.45, 7) is 1.32. The first-order chi connectivity index (χ1) is 6.54. The molecule has 0 aliphatic rings. The summed E-state index contributed by atoms with van der Waals surface area (Å²) in [6, 6.07) is 0.541. The normalized spacial score (nSPS) is 12.1. The van der Waals surface area contributed by atoms with Gasteiger partial charge in [0.1, 0.15) is 0 Å². The number of nitrogens with two attached hydrogens (primary N) is 1. The molecule has 0 saturated carbocycles. The first kappa shape index (κ1) is 10.3. The van der Waals surface area contributed by atoms with Crippen LogP contribution in [0.25, 0.3) is 0 Å². The molecule has 1 aromatic rings. The third kappa shape index (κ3) is 1.94. The fourth-order valence-corrected chi connectivity index (χ4v) is 1.07. The summed E-state index contributed by atoms with van der Waals surface area (Å²) in [5.41, 5.74) is 5.80. The minimum absolute atomic E-state index is 0.0322. The first-order valence-electron chi connectivity index (χ1n) is 3.97. The summed E-state index contributed by atoms with van der Waals surface area (Å²) < 4.78 is 0. The van der Waals surface area contributed by atoms with Crippen molar-refractivity contribution in [3.8, 4) is 0 Å². The molecule has 1 heterocycles. The predicted octanol–water partition coefficient (Wildman–Crippen LogP) is 0.369. The fraction of sp³-hybridized carbons (Fsp3) is 0.222. The third-order valence-electron chi connectivity index (χ3n) is 1.86. The molecule has 0 amide bonds. The third-order valence-corrected chi connectivity index (χ3v) is 1.86. The fourth-order valence-electron chi connectivity index (χ4n) is 1.07. The van der Waals surface area contributed by atoms with Gasteiger partial charge in [0.25, 0.3) is 0 Å². The molecule has 0 fully saturated rings. The van der Waals surface area contributed by atoms with Crippen molar-refractivity contribution in [2.75, 3.05) is 0 Å². The molecule has 0 saturated heterocycles. The van der Waals surface area contributed by atoms with Crippen molar-refractivity contribution in [1.82, 2.24) is 4.98 Å². The molecule has 3 N–H and O–H groups in total. The lowest BCUT2D eigenvalue weighted by Crippen LogP contribution is -2.21. The van der Waals surface area contributed by atoms with Crippen molar-refractivity contribution < 1.29 is 14.7 Å². The Morgan fingerprint density at radius 3 is 2.71 bits per heavy atom. The van der Waals surface area contributed by atoms with Gasteiger partial charge in [0.05, 0.1) is 11.6 Å². The zero-order chi connectivity index (χ0) is 10.7. The highest BCUT2D eigenvalue weighted by Gasteiger charge is 2.18. The Morgan fingerprint density at radius 2 is 2.21 bits per heavy atom. The Hall–Kier alpha value is -1.75. The first-order valence-corrected chi connectivity index (χ1v) is 3.97. The summed E-state index contributed by atoms with van der Waals surface area (Å²) in [5.74, 6) is -1.41. The Balaban J connectivity index is 3.19. The Labute approximate surface area is 80.6 Å². The minimum atomic E-state index is -1.13. The van der Waals surface area contributed by atoms with Gasteiger partial charge in [-0.3, -0.25) is 9.78 Å². The van der Waals surface area contributed by atoms with Crippen molar-refractivity contribution in [2.24, 2.45) is 5.73 Å². The van der Waals surface area contributed by atoms with E-state index >= 15 is 0 Å². The Kier molecular flexibility index (Phi) is 2.93. The topological polar surface area (TPSA) is 93.3 Å². The highest BCUT2D eigenvalue weighted by atomic mass is 16.4. The molecule has 0 aromatic carbocycles. The smallest absolute Gasteiger partial charge is 0.337 e. The van der Waals surface area contributed by atoms with Gasteiger partial charge in [0, 0.05) is 12.4 Å². The highest BCUT2D eigenvalue weighted by Crippen LogP contribution is 2.15. The maximum atomic E-state index is 11.0. The van der Waals surface area contributed by atoms with Crippen molar-refractivity contribution in [3.05, 3.63) is 29.6 Å². The standard InChI is InChI=1S/C9H10N2O3/c1-5(12)8(10)6-2-3-11-4-7(6)9(13)14/h2-4,8H,10H2,1H3,(H,13,14). The van der Waals surface area contributed by atoms with Gasteiger partial charge in [-0.15, -0.1) is 0 Å². The highest BCUT2D eigenvalue weighted by molar-refractivity contribution is 5.92. The summed E-state index contributed by atoms with van der Waals surface area (Å²) in [6.07, 6.45) is 2.59. The molecular formula is C9H10N2O3. The molecule has 1 atom stereocenters. The zero-order valence-corrected chi connectivity index (χ0v) is 7.60. The van der Waals surface area contributed by atoms with Gasteiger partial charge in [0.15, 0.2) is 5.78 Å². The Bertz CT molecular complexity index is 376. The number of hydrogen-bond acceptors (Lipinski definition) is 4. The van der Waals surface area contributed by atoms with Gasteiger partial charge in [-0.25, -0.2) is 4.79 Å². The summed E-state index contributed by atoms with van der Waals surface area (Å²) in [4.78, 5) is 25.4. The second kappa shape index (κ2) is 3.97. The van der Waals surface area contributed by atoms with E-state index in [9.17, 15) is 9.59 Å². The van der Waals surface area contributed by atoms with Crippen LogP contribution in [0, 0.1) is 0 Å². The number of Topliss-reactive ketones (excluding diaryl/α,β-unsaturated/α-hetero) is 1. The van der Waals surface area contributed by atoms with Crippen LogP contribution in [0.15, 0.2) is 18.5 Å². The number of pyridine rings is 1. The van der Waals surface area contributed by atoms with Gasteiger partial charge in [-0.05, 0) is 18.6 Å². The maximum Gasteiger partial charge on any atom is 0.337 e. The van der Waals surface area contributed by atoms with Gasteiger partial charge in [0.2, 0.25) is 0 Å².